The molecular weight excluding hydrogens is 299 g/mol. The second-order valence-corrected chi connectivity index (χ2v) is 6.16. The van der Waals surface area contributed by atoms with E-state index in [0.29, 0.717) is 22.3 Å². The fourth-order valence-electron chi connectivity index (χ4n) is 2.21. The van der Waals surface area contributed by atoms with E-state index in [0.717, 1.165) is 23.7 Å². The monoisotopic (exact) mass is 312 g/mol. The van der Waals surface area contributed by atoms with E-state index in [-0.39, 0.29) is 17.9 Å². The van der Waals surface area contributed by atoms with Gasteiger partial charge in [-0.2, -0.15) is 0 Å². The van der Waals surface area contributed by atoms with Crippen molar-refractivity contribution in [3.05, 3.63) is 33.9 Å². The molecule has 4 nitrogen and oxygen atoms in total. The first-order valence-electron chi connectivity index (χ1n) is 6.40. The maximum absolute atomic E-state index is 12.2. The summed E-state index contributed by atoms with van der Waals surface area (Å²) < 4.78 is 0. The predicted molar refractivity (Wildman–Crippen MR) is 79.4 cm³/mol. The number of aromatic amines is 1. The molecule has 3 rings (SSSR count). The Hall–Kier alpha value is -1.23. The molecule has 1 amide bonds. The van der Waals surface area contributed by atoms with Crippen molar-refractivity contribution in [2.75, 3.05) is 13.2 Å². The van der Waals surface area contributed by atoms with Gasteiger partial charge in [0.15, 0.2) is 0 Å². The average molecular weight is 313 g/mol. The summed E-state index contributed by atoms with van der Waals surface area (Å²) in [6, 6.07) is 5.25. The first-order chi connectivity index (χ1) is 9.54. The third-order valence-corrected chi connectivity index (χ3v) is 4.47. The lowest BCUT2D eigenvalue weighted by Gasteiger charge is -2.12. The van der Waals surface area contributed by atoms with Crippen molar-refractivity contribution >= 4 is 40.0 Å². The van der Waals surface area contributed by atoms with Gasteiger partial charge in [-0.15, -0.1) is 0 Å². The Morgan fingerprint density at radius 1 is 1.40 bits per heavy atom. The van der Waals surface area contributed by atoms with Crippen LogP contribution in [-0.4, -0.2) is 29.1 Å². The minimum Gasteiger partial charge on any atom is -0.396 e. The Morgan fingerprint density at radius 2 is 2.15 bits per heavy atom. The largest absolute Gasteiger partial charge is 0.396 e. The summed E-state index contributed by atoms with van der Waals surface area (Å²) in [5.74, 6) is -0.262. The smallest absolute Gasteiger partial charge is 0.269 e. The highest BCUT2D eigenvalue weighted by atomic mass is 35.5. The number of aromatic nitrogens is 1. The number of hydrogen-bond acceptors (Lipinski definition) is 2. The Kier molecular flexibility index (Phi) is 3.40. The van der Waals surface area contributed by atoms with E-state index >= 15 is 0 Å². The van der Waals surface area contributed by atoms with Crippen molar-refractivity contribution < 1.29 is 9.90 Å². The molecule has 1 saturated carbocycles. The third-order valence-electron chi connectivity index (χ3n) is 3.84. The minimum atomic E-state index is -0.262. The summed E-state index contributed by atoms with van der Waals surface area (Å²) in [4.78, 5) is 15.2. The molecule has 0 saturated heterocycles. The van der Waals surface area contributed by atoms with Gasteiger partial charge in [-0.3, -0.25) is 4.79 Å². The second kappa shape index (κ2) is 4.95. The normalized spacial score (nSPS) is 16.4. The number of benzene rings is 1. The maximum atomic E-state index is 12.2. The molecule has 1 fully saturated rings. The zero-order chi connectivity index (χ0) is 14.3. The molecule has 3 N–H and O–H groups in total. The predicted octanol–water partition coefficient (Wildman–Crippen LogP) is 2.98. The standard InChI is InChI=1S/C14H14Cl2N2O2/c15-8-1-2-10-9(5-8)11(16)12(18-10)13(20)17-6-14(7-19)3-4-14/h1-2,5,18-19H,3-4,6-7H2,(H,17,20). The van der Waals surface area contributed by atoms with E-state index < -0.39 is 0 Å². The first kappa shape index (κ1) is 13.7. The summed E-state index contributed by atoms with van der Waals surface area (Å²) in [6.45, 7) is 0.568. The number of rotatable bonds is 4. The van der Waals surface area contributed by atoms with E-state index in [1.807, 2.05) is 0 Å². The van der Waals surface area contributed by atoms with Crippen LogP contribution >= 0.6 is 23.2 Å². The molecule has 1 aromatic carbocycles. The summed E-state index contributed by atoms with van der Waals surface area (Å²) in [5, 5.41) is 13.7. The molecular formula is C14H14Cl2N2O2. The molecule has 2 aromatic rings. The molecule has 0 spiro atoms. The zero-order valence-electron chi connectivity index (χ0n) is 10.7. The molecule has 1 aromatic heterocycles. The molecule has 0 radical (unpaired) electrons. The lowest BCUT2D eigenvalue weighted by molar-refractivity contribution is 0.0931. The van der Waals surface area contributed by atoms with Crippen LogP contribution in [-0.2, 0) is 0 Å². The van der Waals surface area contributed by atoms with E-state index in [4.69, 9.17) is 23.2 Å². The number of H-pyrrole nitrogens is 1. The number of nitrogens with one attached hydrogen (secondary N) is 2. The number of halogens is 2. The van der Waals surface area contributed by atoms with Crippen LogP contribution in [0.3, 0.4) is 0 Å². The van der Waals surface area contributed by atoms with Gasteiger partial charge in [0.2, 0.25) is 0 Å². The number of aliphatic hydroxyl groups excluding tert-OH is 1. The van der Waals surface area contributed by atoms with Gasteiger partial charge in [0.05, 0.1) is 11.6 Å². The third kappa shape index (κ3) is 2.39. The van der Waals surface area contributed by atoms with Crippen LogP contribution in [0.15, 0.2) is 18.2 Å². The van der Waals surface area contributed by atoms with E-state index in [1.165, 1.54) is 0 Å². The van der Waals surface area contributed by atoms with Gasteiger partial charge in [0.1, 0.15) is 5.69 Å². The van der Waals surface area contributed by atoms with Crippen LogP contribution < -0.4 is 5.32 Å². The maximum Gasteiger partial charge on any atom is 0.269 e. The molecule has 1 aliphatic carbocycles. The van der Waals surface area contributed by atoms with Crippen LogP contribution in [0.2, 0.25) is 10.0 Å². The number of carbonyl (C=O) groups excluding carboxylic acids is 1. The quantitative estimate of drug-likeness (QED) is 0.812. The minimum absolute atomic E-state index is 0.101. The van der Waals surface area contributed by atoms with E-state index in [1.54, 1.807) is 18.2 Å². The van der Waals surface area contributed by atoms with Crippen LogP contribution in [0.25, 0.3) is 10.9 Å². The molecule has 106 valence electrons. The topological polar surface area (TPSA) is 65.1 Å². The molecule has 0 aliphatic heterocycles. The fraction of sp³-hybridized carbons (Fsp3) is 0.357. The number of amides is 1. The molecule has 6 heteroatoms. The number of carbonyl (C=O) groups is 1. The van der Waals surface area contributed by atoms with Crippen molar-refractivity contribution in [1.82, 2.24) is 10.3 Å². The highest BCUT2D eigenvalue weighted by Crippen LogP contribution is 2.44. The number of aliphatic hydroxyl groups is 1. The lowest BCUT2D eigenvalue weighted by atomic mass is 10.1. The van der Waals surface area contributed by atoms with Gasteiger partial charge in [-0.1, -0.05) is 23.2 Å². The van der Waals surface area contributed by atoms with Crippen LogP contribution in [0, 0.1) is 5.41 Å². The number of fused-ring (bicyclic) bond motifs is 1. The summed E-state index contributed by atoms with van der Waals surface area (Å²) in [7, 11) is 0. The Labute approximate surface area is 126 Å². The van der Waals surface area contributed by atoms with Gasteiger partial charge in [-0.05, 0) is 31.0 Å². The van der Waals surface area contributed by atoms with Crippen molar-refractivity contribution in [3.63, 3.8) is 0 Å². The molecule has 1 aliphatic rings. The average Bonchev–Trinajstić information content (AvgIpc) is 3.16. The lowest BCUT2D eigenvalue weighted by Crippen LogP contribution is -2.32. The van der Waals surface area contributed by atoms with Gasteiger partial charge >= 0.3 is 0 Å². The van der Waals surface area contributed by atoms with Gasteiger partial charge in [-0.25, -0.2) is 0 Å². The SMILES string of the molecule is O=C(NCC1(CO)CC1)c1[nH]c2ccc(Cl)cc2c1Cl. The Balaban J connectivity index is 1.82. The summed E-state index contributed by atoms with van der Waals surface area (Å²) in [6.07, 6.45) is 1.89. The molecule has 0 bridgehead atoms. The zero-order valence-corrected chi connectivity index (χ0v) is 12.2. The fourth-order valence-corrected chi connectivity index (χ4v) is 2.67. The molecule has 0 atom stereocenters. The highest BCUT2D eigenvalue weighted by Gasteiger charge is 2.42. The first-order valence-corrected chi connectivity index (χ1v) is 7.16. The molecule has 1 heterocycles. The second-order valence-electron chi connectivity index (χ2n) is 5.34. The van der Waals surface area contributed by atoms with Gasteiger partial charge < -0.3 is 15.4 Å². The van der Waals surface area contributed by atoms with Crippen molar-refractivity contribution in [2.45, 2.75) is 12.8 Å². The summed E-state index contributed by atoms with van der Waals surface area (Å²) in [5.41, 5.74) is 0.975. The van der Waals surface area contributed by atoms with E-state index in [9.17, 15) is 9.90 Å². The van der Waals surface area contributed by atoms with Crippen LogP contribution in [0.5, 0.6) is 0 Å². The van der Waals surface area contributed by atoms with Crippen molar-refractivity contribution in [2.24, 2.45) is 5.41 Å². The Bertz CT molecular complexity index is 677. The van der Waals surface area contributed by atoms with Crippen molar-refractivity contribution in [1.29, 1.82) is 0 Å². The molecule has 0 unspecified atom stereocenters. The van der Waals surface area contributed by atoms with Gasteiger partial charge in [0.25, 0.3) is 5.91 Å². The van der Waals surface area contributed by atoms with Gasteiger partial charge in [0, 0.05) is 27.9 Å². The molecule has 20 heavy (non-hydrogen) atoms. The highest BCUT2D eigenvalue weighted by molar-refractivity contribution is 6.39. The van der Waals surface area contributed by atoms with Crippen LogP contribution in [0.4, 0.5) is 0 Å². The van der Waals surface area contributed by atoms with E-state index in [2.05, 4.69) is 10.3 Å². The van der Waals surface area contributed by atoms with Crippen LogP contribution in [0.1, 0.15) is 23.3 Å². The number of hydrogen-bond donors (Lipinski definition) is 3. The summed E-state index contributed by atoms with van der Waals surface area (Å²) >= 11 is 12.2. The Morgan fingerprint density at radius 3 is 2.80 bits per heavy atom. The van der Waals surface area contributed by atoms with Crippen molar-refractivity contribution in [3.8, 4) is 0 Å².